The Bertz CT molecular complexity index is 2610. The van der Waals surface area contributed by atoms with Crippen LogP contribution >= 0.6 is 11.6 Å². The van der Waals surface area contributed by atoms with Crippen molar-refractivity contribution in [3.63, 3.8) is 0 Å². The standard InChI is InChI=1S/C64H105ClF3N11O11/c1-17-37(3)52-60(88)74(13)41(7)55(83)79-32-30-48(79)58(86)75(14)49(35-42-23-20-19-21-24-42)57(85)71(10)36-50(80)69-46(29-27-43-26-28-44(45(65)34-43)64(66,67)68)56(84)78-31-22-25-47(78)59(87)77(16)63(8,9)62(90)76(15)53(38(4)18-2)61(89)72(11)39(5)33-51(81)73(12)40(6)54(82)70-52/h37-49,52-53H,17-36H2,1-16H3,(H,69,80)(H,70,82)/t37-,38-,39+,40-,41-,43?,44?,45?,46-,47-,48-,49-,52-,53-/m0/s1. The van der Waals surface area contributed by atoms with Crippen LogP contribution in [0.3, 0.4) is 0 Å². The zero-order valence-electron chi connectivity index (χ0n) is 56.3. The second kappa shape index (κ2) is 31.7. The van der Waals surface area contributed by atoms with Crippen LogP contribution in [0.5, 0.6) is 0 Å². The Balaban J connectivity index is 1.54. The molecule has 5 aliphatic rings. The van der Waals surface area contributed by atoms with Crippen LogP contribution in [0.25, 0.3) is 0 Å². The van der Waals surface area contributed by atoms with Crippen molar-refractivity contribution >= 4 is 76.6 Å². The molecule has 0 radical (unpaired) electrons. The third kappa shape index (κ3) is 17.3. The molecule has 0 spiro atoms. The lowest BCUT2D eigenvalue weighted by atomic mass is 9.78. The number of hydrogen-bond donors (Lipinski definition) is 2. The minimum Gasteiger partial charge on any atom is -0.343 e. The lowest BCUT2D eigenvalue weighted by Gasteiger charge is -2.45. The first-order valence-corrected chi connectivity index (χ1v) is 33.1. The Hall–Kier alpha value is -5.75. The molecule has 0 aromatic carbocycles. The number of rotatable bonds is 9. The molecule has 510 valence electrons. The quantitative estimate of drug-likeness (QED) is 0.282. The van der Waals surface area contributed by atoms with Crippen LogP contribution in [-0.4, -0.2) is 250 Å². The molecular weight excluding hydrogens is 1190 g/mol. The van der Waals surface area contributed by atoms with E-state index < -0.39 is 161 Å². The minimum absolute atomic E-state index is 0.0112. The van der Waals surface area contributed by atoms with Crippen LogP contribution in [-0.2, 0) is 52.7 Å². The van der Waals surface area contributed by atoms with Gasteiger partial charge in [-0.1, -0.05) is 72.6 Å². The van der Waals surface area contributed by atoms with E-state index in [0.29, 0.717) is 19.3 Å². The van der Waals surface area contributed by atoms with Gasteiger partial charge in [-0.25, -0.2) is 0 Å². The number of amides is 11. The molecule has 5 fully saturated rings. The van der Waals surface area contributed by atoms with Crippen molar-refractivity contribution in [3.8, 4) is 0 Å². The van der Waals surface area contributed by atoms with E-state index in [2.05, 4.69) is 10.6 Å². The van der Waals surface area contributed by atoms with Gasteiger partial charge in [-0.15, -0.1) is 11.6 Å². The maximum Gasteiger partial charge on any atom is 0.393 e. The van der Waals surface area contributed by atoms with E-state index in [4.69, 9.17) is 11.6 Å². The first kappa shape index (κ1) is 75.0. The molecule has 11 amide bonds. The number of alkyl halides is 4. The number of halogens is 4. The number of fused-ring (bicyclic) bond motifs is 2. The van der Waals surface area contributed by atoms with Crippen molar-refractivity contribution in [1.29, 1.82) is 0 Å². The van der Waals surface area contributed by atoms with Crippen molar-refractivity contribution < 1.29 is 65.9 Å². The van der Waals surface area contributed by atoms with Gasteiger partial charge in [0.25, 0.3) is 0 Å². The largest absolute Gasteiger partial charge is 0.393 e. The first-order chi connectivity index (χ1) is 41.9. The predicted molar refractivity (Wildman–Crippen MR) is 333 cm³/mol. The summed E-state index contributed by atoms with van der Waals surface area (Å²) in [4.78, 5) is 172. The van der Waals surface area contributed by atoms with Gasteiger partial charge in [-0.05, 0) is 116 Å². The average molecular weight is 1300 g/mol. The summed E-state index contributed by atoms with van der Waals surface area (Å²) in [6.07, 6.45) is 1.81. The number of carbonyl (C=O) groups is 11. The Morgan fingerprint density at radius 1 is 0.589 bits per heavy atom. The molecule has 3 unspecified atom stereocenters. The summed E-state index contributed by atoms with van der Waals surface area (Å²) in [6.45, 7) is 14.7. The van der Waals surface area contributed by atoms with Crippen molar-refractivity contribution in [2.24, 2.45) is 29.6 Å². The van der Waals surface area contributed by atoms with Gasteiger partial charge >= 0.3 is 6.18 Å². The molecule has 2 N–H and O–H groups in total. The minimum atomic E-state index is -4.49. The topological polar surface area (TPSA) is 241 Å². The molecular formula is C64H105ClF3N11O11. The monoisotopic (exact) mass is 1300 g/mol. The number of nitrogens with zero attached hydrogens (tertiary/aromatic N) is 9. The van der Waals surface area contributed by atoms with Gasteiger partial charge in [0.05, 0.1) is 12.5 Å². The van der Waals surface area contributed by atoms with Gasteiger partial charge in [0, 0.05) is 80.3 Å². The van der Waals surface area contributed by atoms with Crippen LogP contribution in [0.2, 0.25) is 0 Å². The molecule has 90 heavy (non-hydrogen) atoms. The van der Waals surface area contributed by atoms with Crippen LogP contribution in [0.15, 0.2) is 0 Å². The summed E-state index contributed by atoms with van der Waals surface area (Å²) < 4.78 is 41.7. The highest BCUT2D eigenvalue weighted by molar-refractivity contribution is 6.20. The SMILES string of the molecule is CC[C@H](C)[C@@H]1NC(=O)[C@H](C)N(C)C(=O)C[C@@H](C)N(C)C(=O)[C@H]([C@@H](C)CC)N(C)C(=O)C(C)(C)N(C)C(=O)[C@@H]2CCCN2C(=O)[C@H](CCC2CCC(C(F)(F)F)C(Cl)C2)NC(=O)CN(C)C(=O)[C@H](CC2CCCCC2)N(C)C(=O)[C@@H]2CCN2C(=O)[C@H](C)N(C)C1=O. The molecule has 3 saturated heterocycles. The van der Waals surface area contributed by atoms with Crippen LogP contribution in [0.4, 0.5) is 13.2 Å². The Labute approximate surface area is 536 Å². The average Bonchev–Trinajstić information content (AvgIpc) is 1.35. The fraction of sp³-hybridized carbons (Fsp3) is 0.828. The van der Waals surface area contributed by atoms with E-state index in [1.807, 2.05) is 20.8 Å². The van der Waals surface area contributed by atoms with E-state index in [9.17, 15) is 61.1 Å². The third-order valence-electron chi connectivity index (χ3n) is 21.1. The van der Waals surface area contributed by atoms with Crippen molar-refractivity contribution in [1.82, 2.24) is 54.7 Å². The predicted octanol–water partition coefficient (Wildman–Crippen LogP) is 5.27. The Morgan fingerprint density at radius 2 is 1.19 bits per heavy atom. The highest BCUT2D eigenvalue weighted by atomic mass is 35.5. The lowest BCUT2D eigenvalue weighted by molar-refractivity contribution is -0.182. The maximum absolute atomic E-state index is 15.1. The van der Waals surface area contributed by atoms with Crippen molar-refractivity contribution in [3.05, 3.63) is 0 Å². The lowest BCUT2D eigenvalue weighted by Crippen LogP contribution is -2.65. The van der Waals surface area contributed by atoms with Crippen LogP contribution < -0.4 is 10.6 Å². The summed E-state index contributed by atoms with van der Waals surface area (Å²) in [7, 11) is 10.2. The summed E-state index contributed by atoms with van der Waals surface area (Å²) in [5.41, 5.74) is -1.63. The molecule has 5 rings (SSSR count). The van der Waals surface area contributed by atoms with Gasteiger partial charge < -0.3 is 54.7 Å². The molecule has 2 aliphatic carbocycles. The fourth-order valence-corrected chi connectivity index (χ4v) is 14.1. The molecule has 26 heteroatoms. The normalized spacial score (nSPS) is 31.7. The smallest absolute Gasteiger partial charge is 0.343 e. The molecule has 3 heterocycles. The van der Waals surface area contributed by atoms with E-state index >= 15 is 4.79 Å². The summed E-state index contributed by atoms with van der Waals surface area (Å²) in [6, 6.07) is -9.70. The number of carbonyl (C=O) groups excluding carboxylic acids is 11. The molecule has 0 aromatic heterocycles. The van der Waals surface area contributed by atoms with Crippen LogP contribution in [0.1, 0.15) is 171 Å². The van der Waals surface area contributed by atoms with E-state index in [-0.39, 0.29) is 82.7 Å². The summed E-state index contributed by atoms with van der Waals surface area (Å²) >= 11 is 6.36. The van der Waals surface area contributed by atoms with Gasteiger partial charge in [-0.2, -0.15) is 13.2 Å². The Kier molecular flexibility index (Phi) is 26.4. The van der Waals surface area contributed by atoms with Crippen molar-refractivity contribution in [2.45, 2.75) is 243 Å². The zero-order valence-corrected chi connectivity index (χ0v) is 57.1. The summed E-state index contributed by atoms with van der Waals surface area (Å²) in [5, 5.41) is 4.45. The summed E-state index contributed by atoms with van der Waals surface area (Å²) in [5.74, 6) is -9.30. The van der Waals surface area contributed by atoms with E-state index in [1.165, 1.54) is 121 Å². The van der Waals surface area contributed by atoms with E-state index in [0.717, 1.165) is 32.1 Å². The molecule has 2 saturated carbocycles. The van der Waals surface area contributed by atoms with Gasteiger partial charge in [0.1, 0.15) is 53.9 Å². The highest BCUT2D eigenvalue weighted by Gasteiger charge is 2.50. The Morgan fingerprint density at radius 3 is 1.76 bits per heavy atom. The third-order valence-corrected chi connectivity index (χ3v) is 21.6. The molecule has 22 nitrogen and oxygen atoms in total. The molecule has 14 atom stereocenters. The van der Waals surface area contributed by atoms with Gasteiger partial charge in [-0.3, -0.25) is 52.7 Å². The molecule has 0 bridgehead atoms. The zero-order chi connectivity index (χ0) is 67.8. The van der Waals surface area contributed by atoms with Gasteiger partial charge in [0.2, 0.25) is 65.0 Å². The van der Waals surface area contributed by atoms with Crippen molar-refractivity contribution in [2.75, 3.05) is 69.0 Å². The van der Waals surface area contributed by atoms with Crippen LogP contribution in [0, 0.1) is 29.6 Å². The molecule has 0 aromatic rings. The number of likely N-dealkylation sites (N-methyl/N-ethyl adjacent to an activating group) is 7. The number of hydrogen-bond acceptors (Lipinski definition) is 11. The fourth-order valence-electron chi connectivity index (χ4n) is 13.6. The van der Waals surface area contributed by atoms with Gasteiger partial charge in [0.15, 0.2) is 0 Å². The van der Waals surface area contributed by atoms with E-state index in [1.54, 1.807) is 13.8 Å². The maximum atomic E-state index is 15.1. The molecule has 3 aliphatic heterocycles. The number of nitrogens with one attached hydrogen (secondary N) is 2. The second-order valence-corrected chi connectivity index (χ2v) is 27.9. The highest BCUT2D eigenvalue weighted by Crippen LogP contribution is 2.44. The first-order valence-electron chi connectivity index (χ1n) is 32.7. The second-order valence-electron chi connectivity index (χ2n) is 27.3.